The van der Waals surface area contributed by atoms with Gasteiger partial charge in [0.2, 0.25) is 0 Å². The molecule has 0 aliphatic carbocycles. The minimum absolute atomic E-state index is 0.270. The number of ether oxygens (including phenoxy) is 2. The summed E-state index contributed by atoms with van der Waals surface area (Å²) in [6.45, 7) is -0.306. The van der Waals surface area contributed by atoms with E-state index in [0.717, 1.165) is 0 Å². The Morgan fingerprint density at radius 3 is 2.71 bits per heavy atom. The van der Waals surface area contributed by atoms with Crippen molar-refractivity contribution >= 4 is 7.82 Å². The molecule has 14 heavy (non-hydrogen) atoms. The van der Waals surface area contributed by atoms with Crippen LogP contribution in [0.2, 0.25) is 0 Å². The van der Waals surface area contributed by atoms with Crippen LogP contribution < -0.4 is 0 Å². The molecule has 7 nitrogen and oxygen atoms in total. The molecule has 0 aromatic carbocycles. The zero-order chi connectivity index (χ0) is 10.8. The van der Waals surface area contributed by atoms with Gasteiger partial charge in [-0.05, 0) is 0 Å². The van der Waals surface area contributed by atoms with Crippen LogP contribution in [0.25, 0.3) is 0 Å². The fourth-order valence-corrected chi connectivity index (χ4v) is 1.60. The first kappa shape index (κ1) is 12.1. The molecule has 2 unspecified atom stereocenters. The average Bonchev–Trinajstić information content (AvgIpc) is 2.41. The summed E-state index contributed by atoms with van der Waals surface area (Å²) in [5.41, 5.74) is 0. The molecule has 0 amide bonds. The fraction of sp³-hybridized carbons (Fsp3) is 1.00. The van der Waals surface area contributed by atoms with Gasteiger partial charge < -0.3 is 24.4 Å². The van der Waals surface area contributed by atoms with Gasteiger partial charge in [0.25, 0.3) is 0 Å². The third-order valence-corrected chi connectivity index (χ3v) is 2.38. The minimum atomic E-state index is -4.49. The summed E-state index contributed by atoms with van der Waals surface area (Å²) in [4.78, 5) is 16.9. The lowest BCUT2D eigenvalue weighted by Gasteiger charge is -2.16. The maximum Gasteiger partial charge on any atom is 0.469 e. The quantitative estimate of drug-likeness (QED) is 0.542. The molecule has 1 aliphatic rings. The Hall–Kier alpha value is -0.0100. The SMILES string of the molecule is COC1C[C@H](O)OC1COP(=O)(O)O. The van der Waals surface area contributed by atoms with Crippen LogP contribution in [-0.2, 0) is 18.6 Å². The van der Waals surface area contributed by atoms with Gasteiger partial charge in [0.05, 0.1) is 12.7 Å². The van der Waals surface area contributed by atoms with Crippen molar-refractivity contribution in [2.75, 3.05) is 13.7 Å². The molecule has 84 valence electrons. The zero-order valence-corrected chi connectivity index (χ0v) is 8.46. The highest BCUT2D eigenvalue weighted by atomic mass is 31.2. The molecule has 0 radical (unpaired) electrons. The van der Waals surface area contributed by atoms with E-state index in [1.54, 1.807) is 0 Å². The lowest BCUT2D eigenvalue weighted by molar-refractivity contribution is -0.108. The monoisotopic (exact) mass is 228 g/mol. The van der Waals surface area contributed by atoms with Crippen molar-refractivity contribution in [2.45, 2.75) is 24.9 Å². The van der Waals surface area contributed by atoms with Crippen LogP contribution in [0.5, 0.6) is 0 Å². The van der Waals surface area contributed by atoms with Gasteiger partial charge in [-0.15, -0.1) is 0 Å². The lowest BCUT2D eigenvalue weighted by Crippen LogP contribution is -2.27. The minimum Gasteiger partial charge on any atom is -0.378 e. The highest BCUT2D eigenvalue weighted by molar-refractivity contribution is 7.46. The maximum atomic E-state index is 10.4. The molecule has 0 spiro atoms. The van der Waals surface area contributed by atoms with Crippen molar-refractivity contribution in [1.29, 1.82) is 0 Å². The summed E-state index contributed by atoms with van der Waals surface area (Å²) in [6.07, 6.45) is -1.75. The summed E-state index contributed by atoms with van der Waals surface area (Å²) in [5, 5.41) is 9.08. The van der Waals surface area contributed by atoms with Crippen LogP contribution in [0.4, 0.5) is 0 Å². The second-order valence-corrected chi connectivity index (χ2v) is 4.16. The molecule has 1 saturated heterocycles. The van der Waals surface area contributed by atoms with E-state index in [2.05, 4.69) is 4.52 Å². The van der Waals surface area contributed by atoms with E-state index in [-0.39, 0.29) is 13.0 Å². The van der Waals surface area contributed by atoms with E-state index in [4.69, 9.17) is 24.4 Å². The maximum absolute atomic E-state index is 10.4. The van der Waals surface area contributed by atoms with Crippen LogP contribution in [0.3, 0.4) is 0 Å². The molecule has 3 atom stereocenters. The van der Waals surface area contributed by atoms with E-state index in [1.807, 2.05) is 0 Å². The molecular weight excluding hydrogens is 215 g/mol. The van der Waals surface area contributed by atoms with Crippen molar-refractivity contribution in [2.24, 2.45) is 0 Å². The molecule has 0 aromatic heterocycles. The molecule has 0 saturated carbocycles. The van der Waals surface area contributed by atoms with Gasteiger partial charge >= 0.3 is 7.82 Å². The van der Waals surface area contributed by atoms with Gasteiger partial charge in [0, 0.05) is 13.5 Å². The Kier molecular flexibility index (Phi) is 4.03. The first-order valence-electron chi connectivity index (χ1n) is 3.99. The van der Waals surface area contributed by atoms with Gasteiger partial charge in [-0.1, -0.05) is 0 Å². The number of hydrogen-bond acceptors (Lipinski definition) is 5. The highest BCUT2D eigenvalue weighted by Gasteiger charge is 2.35. The van der Waals surface area contributed by atoms with Crippen LogP contribution in [0.15, 0.2) is 0 Å². The second kappa shape index (κ2) is 4.67. The number of hydrogen-bond donors (Lipinski definition) is 3. The smallest absolute Gasteiger partial charge is 0.378 e. The number of phosphoric ester groups is 1. The molecule has 0 aromatic rings. The van der Waals surface area contributed by atoms with Crippen molar-refractivity contribution in [3.05, 3.63) is 0 Å². The molecule has 0 bridgehead atoms. The van der Waals surface area contributed by atoms with Gasteiger partial charge in [-0.3, -0.25) is 4.52 Å². The van der Waals surface area contributed by atoms with E-state index in [9.17, 15) is 4.57 Å². The van der Waals surface area contributed by atoms with E-state index in [0.29, 0.717) is 0 Å². The van der Waals surface area contributed by atoms with Gasteiger partial charge in [-0.2, -0.15) is 0 Å². The normalized spacial score (nSPS) is 33.6. The predicted molar refractivity (Wildman–Crippen MR) is 44.3 cm³/mol. The van der Waals surface area contributed by atoms with Crippen molar-refractivity contribution in [3.63, 3.8) is 0 Å². The molecule has 1 heterocycles. The first-order valence-corrected chi connectivity index (χ1v) is 5.52. The topological polar surface area (TPSA) is 105 Å². The first-order chi connectivity index (χ1) is 6.42. The summed E-state index contributed by atoms with van der Waals surface area (Å²) in [5.74, 6) is 0. The molecule has 3 N–H and O–H groups in total. The summed E-state index contributed by atoms with van der Waals surface area (Å²) in [7, 11) is -3.06. The molecule has 1 rings (SSSR count). The van der Waals surface area contributed by atoms with Crippen LogP contribution in [0, 0.1) is 0 Å². The lowest BCUT2D eigenvalue weighted by atomic mass is 10.2. The number of methoxy groups -OCH3 is 1. The third-order valence-electron chi connectivity index (χ3n) is 1.89. The Morgan fingerprint density at radius 2 is 2.21 bits per heavy atom. The Balaban J connectivity index is 2.40. The average molecular weight is 228 g/mol. The Labute approximate surface area is 80.8 Å². The summed E-state index contributed by atoms with van der Waals surface area (Å²) < 4.78 is 24.5. The van der Waals surface area contributed by atoms with Crippen molar-refractivity contribution in [1.82, 2.24) is 0 Å². The van der Waals surface area contributed by atoms with Gasteiger partial charge in [0.1, 0.15) is 6.10 Å². The zero-order valence-electron chi connectivity index (χ0n) is 7.57. The van der Waals surface area contributed by atoms with Crippen LogP contribution >= 0.6 is 7.82 Å². The van der Waals surface area contributed by atoms with Crippen molar-refractivity contribution in [3.8, 4) is 0 Å². The Morgan fingerprint density at radius 1 is 1.57 bits per heavy atom. The molecule has 8 heteroatoms. The fourth-order valence-electron chi connectivity index (χ4n) is 1.26. The standard InChI is InChI=1S/C6H13O7P/c1-11-4-2-6(7)13-5(4)3-12-14(8,9)10/h4-7H,2-3H2,1H3,(H2,8,9,10)/t4?,5?,6-/m1/s1. The predicted octanol–water partition coefficient (Wildman–Crippen LogP) is -0.782. The number of phosphoric acid groups is 1. The summed E-state index contributed by atoms with van der Waals surface area (Å²) in [6, 6.07) is 0. The van der Waals surface area contributed by atoms with E-state index >= 15 is 0 Å². The number of aliphatic hydroxyl groups excluding tert-OH is 1. The van der Waals surface area contributed by atoms with Gasteiger partial charge in [-0.25, -0.2) is 4.57 Å². The second-order valence-electron chi connectivity index (χ2n) is 2.93. The molecule has 1 fully saturated rings. The third kappa shape index (κ3) is 3.62. The van der Waals surface area contributed by atoms with Gasteiger partial charge in [0.15, 0.2) is 6.29 Å². The molecular formula is C6H13O7P. The number of aliphatic hydroxyl groups is 1. The highest BCUT2D eigenvalue weighted by Crippen LogP contribution is 2.37. The Bertz CT molecular complexity index is 226. The van der Waals surface area contributed by atoms with E-state index in [1.165, 1.54) is 7.11 Å². The molecule has 1 aliphatic heterocycles. The summed E-state index contributed by atoms with van der Waals surface area (Å²) >= 11 is 0. The van der Waals surface area contributed by atoms with Crippen LogP contribution in [0.1, 0.15) is 6.42 Å². The van der Waals surface area contributed by atoms with Crippen LogP contribution in [-0.4, -0.2) is 47.1 Å². The largest absolute Gasteiger partial charge is 0.469 e. The van der Waals surface area contributed by atoms with E-state index < -0.39 is 26.3 Å². The van der Waals surface area contributed by atoms with Crippen molar-refractivity contribution < 1.29 is 33.5 Å². The number of rotatable bonds is 4.